The monoisotopic (exact) mass is 293 g/mol. The zero-order valence-electron chi connectivity index (χ0n) is 12.9. The topological polar surface area (TPSA) is 52.7 Å². The Bertz CT molecular complexity index is 379. The minimum atomic E-state index is 0.158. The van der Waals surface area contributed by atoms with Gasteiger partial charge in [-0.15, -0.1) is 0 Å². The maximum atomic E-state index is 12.5. The summed E-state index contributed by atoms with van der Waals surface area (Å²) < 4.78 is 0. The van der Waals surface area contributed by atoms with Gasteiger partial charge in [-0.2, -0.15) is 0 Å². The highest BCUT2D eigenvalue weighted by atomic mass is 16.2. The number of amides is 2. The van der Waals surface area contributed by atoms with Gasteiger partial charge < -0.3 is 15.1 Å². The van der Waals surface area contributed by atoms with Crippen LogP contribution in [0.2, 0.25) is 0 Å². The molecule has 21 heavy (non-hydrogen) atoms. The van der Waals surface area contributed by atoms with Crippen LogP contribution in [0.1, 0.15) is 38.5 Å². The van der Waals surface area contributed by atoms with Crippen molar-refractivity contribution in [2.75, 3.05) is 39.3 Å². The van der Waals surface area contributed by atoms with E-state index >= 15 is 0 Å². The first kappa shape index (κ1) is 14.8. The van der Waals surface area contributed by atoms with E-state index in [0.717, 1.165) is 45.4 Å². The second-order valence-corrected chi connectivity index (χ2v) is 6.68. The van der Waals surface area contributed by atoms with Crippen LogP contribution < -0.4 is 5.32 Å². The van der Waals surface area contributed by atoms with E-state index in [0.29, 0.717) is 19.0 Å². The minimum Gasteiger partial charge on any atom is -0.339 e. The number of carbonyl (C=O) groups excluding carboxylic acids is 2. The molecule has 0 aromatic heterocycles. The molecular weight excluding hydrogens is 266 g/mol. The number of nitrogens with one attached hydrogen (secondary N) is 1. The highest BCUT2D eigenvalue weighted by Gasteiger charge is 2.32. The predicted molar refractivity (Wildman–Crippen MR) is 80.7 cm³/mol. The molecule has 3 fully saturated rings. The molecular formula is C16H27N3O2. The Morgan fingerprint density at radius 3 is 1.86 bits per heavy atom. The van der Waals surface area contributed by atoms with Crippen LogP contribution in [-0.4, -0.2) is 60.9 Å². The number of hydrogen-bond acceptors (Lipinski definition) is 3. The van der Waals surface area contributed by atoms with Crippen molar-refractivity contribution in [3.05, 3.63) is 0 Å². The van der Waals surface area contributed by atoms with Crippen molar-refractivity contribution in [3.63, 3.8) is 0 Å². The lowest BCUT2D eigenvalue weighted by molar-refractivity contribution is -0.144. The van der Waals surface area contributed by atoms with Crippen LogP contribution in [0.25, 0.3) is 0 Å². The summed E-state index contributed by atoms with van der Waals surface area (Å²) in [5.41, 5.74) is 0. The van der Waals surface area contributed by atoms with Crippen LogP contribution in [0, 0.1) is 11.8 Å². The molecule has 118 valence electrons. The highest BCUT2D eigenvalue weighted by Crippen LogP contribution is 2.26. The van der Waals surface area contributed by atoms with E-state index in [4.69, 9.17) is 0 Å². The lowest BCUT2D eigenvalue weighted by atomic mass is 9.88. The quantitative estimate of drug-likeness (QED) is 0.821. The summed E-state index contributed by atoms with van der Waals surface area (Å²) >= 11 is 0. The normalized spacial score (nSPS) is 27.9. The Morgan fingerprint density at radius 1 is 0.762 bits per heavy atom. The number of nitrogens with zero attached hydrogens (tertiary/aromatic N) is 2. The fourth-order valence-corrected chi connectivity index (χ4v) is 3.88. The smallest absolute Gasteiger partial charge is 0.227 e. The van der Waals surface area contributed by atoms with Crippen LogP contribution in [0.3, 0.4) is 0 Å². The SMILES string of the molecule is O=C(C1CCCCC1)N1CCN(C(=O)C2CCNC2)CC1. The third kappa shape index (κ3) is 3.39. The van der Waals surface area contributed by atoms with Crippen molar-refractivity contribution in [1.82, 2.24) is 15.1 Å². The molecule has 2 heterocycles. The molecule has 1 saturated carbocycles. The Kier molecular flexibility index (Phi) is 4.78. The zero-order valence-corrected chi connectivity index (χ0v) is 12.9. The lowest BCUT2D eigenvalue weighted by Gasteiger charge is -2.38. The first-order valence-corrected chi connectivity index (χ1v) is 8.54. The van der Waals surface area contributed by atoms with Crippen molar-refractivity contribution in [1.29, 1.82) is 0 Å². The van der Waals surface area contributed by atoms with E-state index in [-0.39, 0.29) is 17.7 Å². The third-order valence-corrected chi connectivity index (χ3v) is 5.27. The largest absolute Gasteiger partial charge is 0.339 e. The fraction of sp³-hybridized carbons (Fsp3) is 0.875. The van der Waals surface area contributed by atoms with Gasteiger partial charge in [-0.1, -0.05) is 19.3 Å². The van der Waals surface area contributed by atoms with E-state index in [1.807, 2.05) is 9.80 Å². The summed E-state index contributed by atoms with van der Waals surface area (Å²) in [4.78, 5) is 28.8. The molecule has 0 bridgehead atoms. The summed E-state index contributed by atoms with van der Waals surface area (Å²) in [6.45, 7) is 4.65. The fourth-order valence-electron chi connectivity index (χ4n) is 3.88. The summed E-state index contributed by atoms with van der Waals surface area (Å²) in [7, 11) is 0. The van der Waals surface area contributed by atoms with Gasteiger partial charge in [0.05, 0.1) is 5.92 Å². The van der Waals surface area contributed by atoms with E-state index in [9.17, 15) is 9.59 Å². The average molecular weight is 293 g/mol. The number of carbonyl (C=O) groups is 2. The average Bonchev–Trinajstić information content (AvgIpc) is 3.09. The Balaban J connectivity index is 1.48. The maximum Gasteiger partial charge on any atom is 0.227 e. The molecule has 2 saturated heterocycles. The van der Waals surface area contributed by atoms with Gasteiger partial charge in [0.2, 0.25) is 11.8 Å². The van der Waals surface area contributed by atoms with Crippen molar-refractivity contribution in [2.45, 2.75) is 38.5 Å². The van der Waals surface area contributed by atoms with E-state index in [2.05, 4.69) is 5.32 Å². The first-order chi connectivity index (χ1) is 10.3. The zero-order chi connectivity index (χ0) is 14.7. The number of hydrogen-bond donors (Lipinski definition) is 1. The van der Waals surface area contributed by atoms with Crippen LogP contribution in [0.5, 0.6) is 0 Å². The summed E-state index contributed by atoms with van der Waals surface area (Å²) in [6.07, 6.45) is 6.76. The van der Waals surface area contributed by atoms with Crippen LogP contribution >= 0.6 is 0 Å². The molecule has 1 aliphatic carbocycles. The van der Waals surface area contributed by atoms with E-state index in [1.54, 1.807) is 0 Å². The van der Waals surface area contributed by atoms with Crippen LogP contribution in [-0.2, 0) is 9.59 Å². The van der Waals surface area contributed by atoms with Gasteiger partial charge in [-0.25, -0.2) is 0 Å². The van der Waals surface area contributed by atoms with E-state index in [1.165, 1.54) is 19.3 Å². The highest BCUT2D eigenvalue weighted by molar-refractivity contribution is 5.81. The standard InChI is InChI=1S/C16H27N3O2/c20-15(13-4-2-1-3-5-13)18-8-10-19(11-9-18)16(21)14-6-7-17-12-14/h13-14,17H,1-12H2. The van der Waals surface area contributed by atoms with Gasteiger partial charge in [-0.05, 0) is 25.8 Å². The molecule has 5 nitrogen and oxygen atoms in total. The summed E-state index contributed by atoms with van der Waals surface area (Å²) in [5.74, 6) is 1.03. The summed E-state index contributed by atoms with van der Waals surface area (Å²) in [5, 5.41) is 3.25. The van der Waals surface area contributed by atoms with Crippen LogP contribution in [0.15, 0.2) is 0 Å². The molecule has 0 aromatic rings. The molecule has 0 aromatic carbocycles. The van der Waals surface area contributed by atoms with Gasteiger partial charge in [0.15, 0.2) is 0 Å². The Morgan fingerprint density at radius 2 is 1.33 bits per heavy atom. The molecule has 2 aliphatic heterocycles. The molecule has 2 amide bonds. The van der Waals surface area contributed by atoms with Crippen molar-refractivity contribution in [3.8, 4) is 0 Å². The molecule has 5 heteroatoms. The minimum absolute atomic E-state index is 0.158. The maximum absolute atomic E-state index is 12.5. The second-order valence-electron chi connectivity index (χ2n) is 6.68. The van der Waals surface area contributed by atoms with Gasteiger partial charge in [0.25, 0.3) is 0 Å². The predicted octanol–water partition coefficient (Wildman–Crippen LogP) is 0.847. The van der Waals surface area contributed by atoms with Gasteiger partial charge >= 0.3 is 0 Å². The summed E-state index contributed by atoms with van der Waals surface area (Å²) in [6, 6.07) is 0. The van der Waals surface area contributed by atoms with Crippen molar-refractivity contribution < 1.29 is 9.59 Å². The van der Waals surface area contributed by atoms with Crippen LogP contribution in [0.4, 0.5) is 0 Å². The third-order valence-electron chi connectivity index (χ3n) is 5.27. The lowest BCUT2D eigenvalue weighted by Crippen LogP contribution is -2.53. The molecule has 0 radical (unpaired) electrons. The Hall–Kier alpha value is -1.10. The molecule has 3 aliphatic rings. The molecule has 1 atom stereocenters. The van der Waals surface area contributed by atoms with Gasteiger partial charge in [0.1, 0.15) is 0 Å². The number of rotatable bonds is 2. The van der Waals surface area contributed by atoms with Crippen molar-refractivity contribution in [2.24, 2.45) is 11.8 Å². The number of piperazine rings is 1. The second kappa shape index (κ2) is 6.77. The first-order valence-electron chi connectivity index (χ1n) is 8.54. The van der Waals surface area contributed by atoms with Gasteiger partial charge in [0, 0.05) is 38.6 Å². The molecule has 3 rings (SSSR count). The van der Waals surface area contributed by atoms with Crippen molar-refractivity contribution >= 4 is 11.8 Å². The molecule has 0 spiro atoms. The van der Waals surface area contributed by atoms with Gasteiger partial charge in [-0.3, -0.25) is 9.59 Å². The van der Waals surface area contributed by atoms with E-state index < -0.39 is 0 Å². The molecule has 1 unspecified atom stereocenters. The molecule has 1 N–H and O–H groups in total. The Labute approximate surface area is 127 Å².